The molecule has 1 unspecified atom stereocenters. The summed E-state index contributed by atoms with van der Waals surface area (Å²) < 4.78 is 7.36. The molecule has 152 valence electrons. The first-order valence-corrected chi connectivity index (χ1v) is 9.95. The lowest BCUT2D eigenvalue weighted by Gasteiger charge is -2.15. The van der Waals surface area contributed by atoms with Crippen LogP contribution in [0, 0.1) is 13.8 Å². The molecule has 0 saturated carbocycles. The highest BCUT2D eigenvalue weighted by Gasteiger charge is 2.19. The normalized spacial score (nSPS) is 12.0. The molecule has 0 fully saturated rings. The van der Waals surface area contributed by atoms with Gasteiger partial charge < -0.3 is 10.1 Å². The van der Waals surface area contributed by atoms with E-state index >= 15 is 0 Å². The Kier molecular flexibility index (Phi) is 5.42. The van der Waals surface area contributed by atoms with Crippen LogP contribution in [0.2, 0.25) is 5.02 Å². The number of nitrogens with zero attached hydrogens (tertiary/aromatic N) is 3. The van der Waals surface area contributed by atoms with E-state index in [-0.39, 0.29) is 5.91 Å². The fraction of sp³-hybridized carbons (Fsp3) is 0.174. The molecule has 1 atom stereocenters. The second kappa shape index (κ2) is 8.16. The van der Waals surface area contributed by atoms with Gasteiger partial charge in [-0.3, -0.25) is 4.79 Å². The first-order chi connectivity index (χ1) is 14.4. The van der Waals surface area contributed by atoms with E-state index in [4.69, 9.17) is 21.3 Å². The summed E-state index contributed by atoms with van der Waals surface area (Å²) in [5.74, 6) is 1.45. The van der Waals surface area contributed by atoms with Crippen molar-refractivity contribution in [1.82, 2.24) is 14.8 Å². The van der Waals surface area contributed by atoms with Crippen molar-refractivity contribution in [1.29, 1.82) is 0 Å². The number of amides is 1. The number of hydrogen-bond acceptors (Lipinski definition) is 4. The predicted molar refractivity (Wildman–Crippen MR) is 119 cm³/mol. The van der Waals surface area contributed by atoms with Crippen LogP contribution in [0.15, 0.2) is 60.7 Å². The minimum Gasteiger partial charge on any atom is -0.481 e. The van der Waals surface area contributed by atoms with E-state index in [9.17, 15) is 4.79 Å². The van der Waals surface area contributed by atoms with Gasteiger partial charge in [0.2, 0.25) is 0 Å². The third kappa shape index (κ3) is 4.14. The molecule has 0 aliphatic heterocycles. The first-order valence-electron chi connectivity index (χ1n) is 9.57. The Morgan fingerprint density at radius 1 is 1.10 bits per heavy atom. The van der Waals surface area contributed by atoms with Crippen molar-refractivity contribution >= 4 is 34.2 Å². The number of carbonyl (C=O) groups is 1. The van der Waals surface area contributed by atoms with Crippen LogP contribution in [0.1, 0.15) is 18.2 Å². The first kappa shape index (κ1) is 19.9. The van der Waals surface area contributed by atoms with Crippen LogP contribution < -0.4 is 10.1 Å². The summed E-state index contributed by atoms with van der Waals surface area (Å²) in [6, 6.07) is 18.6. The number of halogens is 1. The van der Waals surface area contributed by atoms with E-state index in [0.717, 1.165) is 22.2 Å². The van der Waals surface area contributed by atoms with Gasteiger partial charge in [0, 0.05) is 16.5 Å². The maximum absolute atomic E-state index is 12.7. The summed E-state index contributed by atoms with van der Waals surface area (Å²) in [6.45, 7) is 5.59. The van der Waals surface area contributed by atoms with Gasteiger partial charge in [0.05, 0.1) is 11.2 Å². The Morgan fingerprint density at radius 2 is 1.83 bits per heavy atom. The SMILES string of the molecule is Cc1cc(NC(=O)C(C)Oc2ccc(Cl)cc2)n(-c2cc(C)c3ccccc3n2)n1. The molecule has 0 radical (unpaired) electrons. The molecule has 2 aromatic heterocycles. The van der Waals surface area contributed by atoms with Gasteiger partial charge in [-0.2, -0.15) is 9.78 Å². The maximum Gasteiger partial charge on any atom is 0.266 e. The van der Waals surface area contributed by atoms with Gasteiger partial charge in [0.1, 0.15) is 11.6 Å². The molecule has 2 aromatic carbocycles. The van der Waals surface area contributed by atoms with Crippen molar-refractivity contribution < 1.29 is 9.53 Å². The monoisotopic (exact) mass is 420 g/mol. The highest BCUT2D eigenvalue weighted by Crippen LogP contribution is 2.23. The molecule has 6 nitrogen and oxygen atoms in total. The van der Waals surface area contributed by atoms with Gasteiger partial charge in [-0.05, 0) is 62.7 Å². The smallest absolute Gasteiger partial charge is 0.266 e. The number of nitrogens with one attached hydrogen (secondary N) is 1. The minimum atomic E-state index is -0.707. The van der Waals surface area contributed by atoms with Crippen molar-refractivity contribution in [3.63, 3.8) is 0 Å². The standard InChI is InChI=1S/C23H21ClN4O2/c1-14-12-21(25-20-7-5-4-6-19(14)20)28-22(13-15(2)27-28)26-23(29)16(3)30-18-10-8-17(24)9-11-18/h4-13,16H,1-3H3,(H,26,29). The van der Waals surface area contributed by atoms with Crippen LogP contribution >= 0.6 is 11.6 Å². The van der Waals surface area contributed by atoms with Gasteiger partial charge in [0.15, 0.2) is 11.9 Å². The molecule has 30 heavy (non-hydrogen) atoms. The number of fused-ring (bicyclic) bond motifs is 1. The van der Waals surface area contributed by atoms with Gasteiger partial charge >= 0.3 is 0 Å². The molecule has 0 spiro atoms. The zero-order valence-electron chi connectivity index (χ0n) is 16.9. The summed E-state index contributed by atoms with van der Waals surface area (Å²) >= 11 is 5.89. The van der Waals surface area contributed by atoms with Crippen molar-refractivity contribution in [3.8, 4) is 11.6 Å². The van der Waals surface area contributed by atoms with Gasteiger partial charge in [-0.25, -0.2) is 4.98 Å². The summed E-state index contributed by atoms with van der Waals surface area (Å²) in [6.07, 6.45) is -0.707. The van der Waals surface area contributed by atoms with Gasteiger partial charge in [-0.1, -0.05) is 29.8 Å². The van der Waals surface area contributed by atoms with E-state index in [0.29, 0.717) is 22.4 Å². The second-order valence-electron chi connectivity index (χ2n) is 7.10. The Balaban J connectivity index is 1.59. The Bertz CT molecular complexity index is 1220. The third-order valence-electron chi connectivity index (χ3n) is 4.71. The quantitative estimate of drug-likeness (QED) is 0.487. The lowest BCUT2D eigenvalue weighted by Crippen LogP contribution is -2.31. The summed E-state index contributed by atoms with van der Waals surface area (Å²) in [5.41, 5.74) is 2.72. The highest BCUT2D eigenvalue weighted by molar-refractivity contribution is 6.30. The molecule has 0 bridgehead atoms. The molecule has 4 aromatic rings. The van der Waals surface area contributed by atoms with Crippen LogP contribution in [0.5, 0.6) is 5.75 Å². The number of aromatic nitrogens is 3. The number of rotatable bonds is 5. The average Bonchev–Trinajstić information content (AvgIpc) is 3.09. The van der Waals surface area contributed by atoms with Crippen LogP contribution in [0.25, 0.3) is 16.7 Å². The Morgan fingerprint density at radius 3 is 2.60 bits per heavy atom. The summed E-state index contributed by atoms with van der Waals surface area (Å²) in [4.78, 5) is 17.4. The molecule has 2 heterocycles. The van der Waals surface area contributed by atoms with Crippen LogP contribution in [-0.2, 0) is 4.79 Å². The number of pyridine rings is 1. The lowest BCUT2D eigenvalue weighted by atomic mass is 10.1. The fourth-order valence-electron chi connectivity index (χ4n) is 3.20. The number of ether oxygens (including phenoxy) is 1. The van der Waals surface area contributed by atoms with E-state index in [1.54, 1.807) is 41.9 Å². The van der Waals surface area contributed by atoms with Crippen LogP contribution in [-0.4, -0.2) is 26.8 Å². The van der Waals surface area contributed by atoms with E-state index in [1.807, 2.05) is 44.2 Å². The van der Waals surface area contributed by atoms with Crippen LogP contribution in [0.3, 0.4) is 0 Å². The van der Waals surface area contributed by atoms with Crippen molar-refractivity contribution in [2.75, 3.05) is 5.32 Å². The highest BCUT2D eigenvalue weighted by atomic mass is 35.5. The number of hydrogen-bond donors (Lipinski definition) is 1. The van der Waals surface area contributed by atoms with E-state index < -0.39 is 6.10 Å². The van der Waals surface area contributed by atoms with Crippen LogP contribution in [0.4, 0.5) is 5.82 Å². The summed E-state index contributed by atoms with van der Waals surface area (Å²) in [5, 5.41) is 9.11. The second-order valence-corrected chi connectivity index (χ2v) is 7.54. The maximum atomic E-state index is 12.7. The Hall–Kier alpha value is -3.38. The molecule has 0 aliphatic rings. The largest absolute Gasteiger partial charge is 0.481 e. The van der Waals surface area contributed by atoms with Gasteiger partial charge in [0.25, 0.3) is 5.91 Å². The number of para-hydroxylation sites is 1. The molecular formula is C23H21ClN4O2. The number of anilines is 1. The molecule has 0 aliphatic carbocycles. The topological polar surface area (TPSA) is 69.0 Å². The molecule has 0 saturated heterocycles. The minimum absolute atomic E-state index is 0.288. The zero-order chi connectivity index (χ0) is 21.3. The number of carbonyl (C=O) groups excluding carboxylic acids is 1. The van der Waals surface area contributed by atoms with E-state index in [2.05, 4.69) is 10.4 Å². The molecule has 1 N–H and O–H groups in total. The fourth-order valence-corrected chi connectivity index (χ4v) is 3.33. The molecule has 4 rings (SSSR count). The predicted octanol–water partition coefficient (Wildman–Crippen LogP) is 5.10. The van der Waals surface area contributed by atoms with Crippen molar-refractivity contribution in [2.24, 2.45) is 0 Å². The number of aryl methyl sites for hydroxylation is 2. The Labute approximate surface area is 179 Å². The zero-order valence-corrected chi connectivity index (χ0v) is 17.6. The van der Waals surface area contributed by atoms with Gasteiger partial charge in [-0.15, -0.1) is 0 Å². The molecule has 7 heteroatoms. The summed E-state index contributed by atoms with van der Waals surface area (Å²) in [7, 11) is 0. The van der Waals surface area contributed by atoms with Crippen molar-refractivity contribution in [2.45, 2.75) is 26.9 Å². The third-order valence-corrected chi connectivity index (χ3v) is 4.96. The average molecular weight is 421 g/mol. The molecule has 1 amide bonds. The van der Waals surface area contributed by atoms with E-state index in [1.165, 1.54) is 0 Å². The number of benzene rings is 2. The van der Waals surface area contributed by atoms with Crippen molar-refractivity contribution in [3.05, 3.63) is 76.9 Å². The lowest BCUT2D eigenvalue weighted by molar-refractivity contribution is -0.122. The molecular weight excluding hydrogens is 400 g/mol.